The van der Waals surface area contributed by atoms with E-state index in [9.17, 15) is 9.90 Å². The lowest BCUT2D eigenvalue weighted by Crippen LogP contribution is -2.41. The number of phenols is 1. The van der Waals surface area contributed by atoms with E-state index in [1.807, 2.05) is 20.8 Å². The third-order valence-electron chi connectivity index (χ3n) is 2.75. The largest absolute Gasteiger partial charge is 0.507 e. The van der Waals surface area contributed by atoms with Crippen LogP contribution in [0.5, 0.6) is 5.75 Å². The van der Waals surface area contributed by atoms with Crippen molar-refractivity contribution < 1.29 is 9.90 Å². The number of carbonyl (C=O) groups excluding carboxylic acids is 1. The molecule has 0 fully saturated rings. The number of benzene rings is 1. The number of hydrogen-bond donors (Lipinski definition) is 3. The van der Waals surface area contributed by atoms with Gasteiger partial charge in [-0.2, -0.15) is 0 Å². The SMILES string of the molecule is Cc1ccc(O)c(C(=O)NCC(C)(C)C(N)=S)c1. The molecule has 0 unspecified atom stereocenters. The van der Waals surface area contributed by atoms with Crippen LogP contribution in [0.4, 0.5) is 0 Å². The van der Waals surface area contributed by atoms with Crippen molar-refractivity contribution >= 4 is 23.1 Å². The maximum absolute atomic E-state index is 11.9. The molecule has 0 aliphatic rings. The van der Waals surface area contributed by atoms with Gasteiger partial charge in [0.2, 0.25) is 0 Å². The molecule has 0 radical (unpaired) electrons. The fourth-order valence-corrected chi connectivity index (χ4v) is 1.39. The number of carbonyl (C=O) groups is 1. The van der Waals surface area contributed by atoms with Gasteiger partial charge in [-0.1, -0.05) is 37.7 Å². The summed E-state index contributed by atoms with van der Waals surface area (Å²) in [6.45, 7) is 5.89. The van der Waals surface area contributed by atoms with E-state index in [0.717, 1.165) is 5.56 Å². The lowest BCUT2D eigenvalue weighted by atomic mass is 9.93. The minimum atomic E-state index is -0.454. The van der Waals surface area contributed by atoms with Crippen molar-refractivity contribution in [3.63, 3.8) is 0 Å². The topological polar surface area (TPSA) is 75.3 Å². The van der Waals surface area contributed by atoms with Crippen LogP contribution in [-0.2, 0) is 0 Å². The van der Waals surface area contributed by atoms with Crippen molar-refractivity contribution in [3.8, 4) is 5.75 Å². The lowest BCUT2D eigenvalue weighted by Gasteiger charge is -2.23. The molecule has 0 atom stereocenters. The summed E-state index contributed by atoms with van der Waals surface area (Å²) in [4.78, 5) is 12.3. The van der Waals surface area contributed by atoms with E-state index in [-0.39, 0.29) is 17.2 Å². The quantitative estimate of drug-likeness (QED) is 0.726. The molecule has 1 amide bonds. The number of thiocarbonyl (C=S) groups is 1. The number of hydrogen-bond acceptors (Lipinski definition) is 3. The molecule has 1 aromatic rings. The molecule has 0 saturated heterocycles. The fraction of sp³-hybridized carbons (Fsp3) is 0.385. The minimum Gasteiger partial charge on any atom is -0.507 e. The first-order chi connectivity index (χ1) is 8.24. The maximum Gasteiger partial charge on any atom is 0.255 e. The number of rotatable bonds is 4. The van der Waals surface area contributed by atoms with E-state index < -0.39 is 5.41 Å². The Bertz CT molecular complexity index is 484. The average molecular weight is 266 g/mol. The highest BCUT2D eigenvalue weighted by Gasteiger charge is 2.23. The van der Waals surface area contributed by atoms with Crippen molar-refractivity contribution in [2.75, 3.05) is 6.54 Å². The molecule has 0 aliphatic heterocycles. The van der Waals surface area contributed by atoms with E-state index in [1.165, 1.54) is 6.07 Å². The summed E-state index contributed by atoms with van der Waals surface area (Å²) < 4.78 is 0. The highest BCUT2D eigenvalue weighted by molar-refractivity contribution is 7.80. The van der Waals surface area contributed by atoms with Gasteiger partial charge in [-0.05, 0) is 19.1 Å². The van der Waals surface area contributed by atoms with E-state index in [0.29, 0.717) is 11.5 Å². The van der Waals surface area contributed by atoms with Gasteiger partial charge in [-0.25, -0.2) is 0 Å². The Kier molecular flexibility index (Phi) is 4.29. The Morgan fingerprint density at radius 2 is 2.11 bits per heavy atom. The molecule has 0 aromatic heterocycles. The minimum absolute atomic E-state index is 0.0359. The second-order valence-electron chi connectivity index (χ2n) is 4.95. The third kappa shape index (κ3) is 3.43. The standard InChI is InChI=1S/C13H18N2O2S/c1-8-4-5-10(16)9(6-8)11(17)15-7-13(2,3)12(14)18/h4-6,16H,7H2,1-3H3,(H2,14,18)(H,15,17). The van der Waals surface area contributed by atoms with Crippen molar-refractivity contribution in [3.05, 3.63) is 29.3 Å². The van der Waals surface area contributed by atoms with Crippen molar-refractivity contribution in [2.24, 2.45) is 11.1 Å². The van der Waals surface area contributed by atoms with Gasteiger partial charge in [0, 0.05) is 12.0 Å². The Labute approximate surface area is 112 Å². The molecule has 4 nitrogen and oxygen atoms in total. The zero-order valence-electron chi connectivity index (χ0n) is 10.8. The van der Waals surface area contributed by atoms with Crippen LogP contribution in [0.1, 0.15) is 29.8 Å². The van der Waals surface area contributed by atoms with Crippen LogP contribution in [0.15, 0.2) is 18.2 Å². The lowest BCUT2D eigenvalue weighted by molar-refractivity contribution is 0.0942. The first kappa shape index (κ1) is 14.4. The Hall–Kier alpha value is -1.62. The molecule has 0 bridgehead atoms. The summed E-state index contributed by atoms with van der Waals surface area (Å²) in [5, 5.41) is 12.4. The van der Waals surface area contributed by atoms with E-state index in [1.54, 1.807) is 12.1 Å². The van der Waals surface area contributed by atoms with Crippen molar-refractivity contribution in [1.82, 2.24) is 5.32 Å². The molecule has 1 aromatic carbocycles. The third-order valence-corrected chi connectivity index (χ3v) is 3.31. The zero-order valence-corrected chi connectivity index (χ0v) is 11.6. The van der Waals surface area contributed by atoms with Gasteiger partial charge in [0.05, 0.1) is 10.6 Å². The Morgan fingerprint density at radius 1 is 1.50 bits per heavy atom. The molecule has 0 aliphatic carbocycles. The smallest absolute Gasteiger partial charge is 0.255 e. The molecule has 0 heterocycles. The number of aryl methyl sites for hydroxylation is 1. The molecule has 5 heteroatoms. The summed E-state index contributed by atoms with van der Waals surface area (Å²) >= 11 is 4.92. The van der Waals surface area contributed by atoms with Gasteiger partial charge >= 0.3 is 0 Å². The van der Waals surface area contributed by atoms with Crippen LogP contribution in [0.25, 0.3) is 0 Å². The summed E-state index contributed by atoms with van der Waals surface area (Å²) in [6, 6.07) is 4.88. The monoisotopic (exact) mass is 266 g/mol. The Morgan fingerprint density at radius 3 is 2.67 bits per heavy atom. The number of amides is 1. The van der Waals surface area contributed by atoms with Gasteiger partial charge in [0.15, 0.2) is 0 Å². The predicted octanol–water partition coefficient (Wildman–Crippen LogP) is 1.74. The average Bonchev–Trinajstić information content (AvgIpc) is 2.29. The summed E-state index contributed by atoms with van der Waals surface area (Å²) in [5.41, 5.74) is 6.29. The van der Waals surface area contributed by atoms with Crippen LogP contribution >= 0.6 is 12.2 Å². The molecule has 1 rings (SSSR count). The van der Waals surface area contributed by atoms with Gasteiger partial charge in [-0.15, -0.1) is 0 Å². The second kappa shape index (κ2) is 5.35. The molecule has 0 spiro atoms. The number of aromatic hydroxyl groups is 1. The van der Waals surface area contributed by atoms with Gasteiger partial charge in [-0.3, -0.25) is 4.79 Å². The predicted molar refractivity (Wildman–Crippen MR) is 75.7 cm³/mol. The van der Waals surface area contributed by atoms with E-state index >= 15 is 0 Å². The van der Waals surface area contributed by atoms with Crippen LogP contribution < -0.4 is 11.1 Å². The van der Waals surface area contributed by atoms with Crippen LogP contribution in [0.2, 0.25) is 0 Å². The van der Waals surface area contributed by atoms with Crippen molar-refractivity contribution in [2.45, 2.75) is 20.8 Å². The van der Waals surface area contributed by atoms with E-state index in [2.05, 4.69) is 5.32 Å². The summed E-state index contributed by atoms with van der Waals surface area (Å²) in [7, 11) is 0. The van der Waals surface area contributed by atoms with Gasteiger partial charge in [0.1, 0.15) is 5.75 Å². The van der Waals surface area contributed by atoms with Crippen LogP contribution in [0, 0.1) is 12.3 Å². The summed E-state index contributed by atoms with van der Waals surface area (Å²) in [6.07, 6.45) is 0. The molecular formula is C13H18N2O2S. The molecule has 0 saturated carbocycles. The van der Waals surface area contributed by atoms with E-state index in [4.69, 9.17) is 18.0 Å². The summed E-state index contributed by atoms with van der Waals surface area (Å²) in [5.74, 6) is -0.369. The van der Waals surface area contributed by atoms with Gasteiger partial charge < -0.3 is 16.2 Å². The second-order valence-corrected chi connectivity index (χ2v) is 5.39. The molecule has 4 N–H and O–H groups in total. The molecular weight excluding hydrogens is 248 g/mol. The number of nitrogens with two attached hydrogens (primary N) is 1. The first-order valence-corrected chi connectivity index (χ1v) is 6.02. The first-order valence-electron chi connectivity index (χ1n) is 5.62. The fourth-order valence-electron chi connectivity index (χ4n) is 1.32. The van der Waals surface area contributed by atoms with Crippen molar-refractivity contribution in [1.29, 1.82) is 0 Å². The highest BCUT2D eigenvalue weighted by atomic mass is 32.1. The zero-order chi connectivity index (χ0) is 13.9. The maximum atomic E-state index is 11.9. The molecule has 18 heavy (non-hydrogen) atoms. The Balaban J connectivity index is 2.78. The number of nitrogens with one attached hydrogen (secondary N) is 1. The van der Waals surface area contributed by atoms with Crippen LogP contribution in [0.3, 0.4) is 0 Å². The molecule has 98 valence electrons. The number of phenolic OH excluding ortho intramolecular Hbond substituents is 1. The van der Waals surface area contributed by atoms with Gasteiger partial charge in [0.25, 0.3) is 5.91 Å². The normalized spacial score (nSPS) is 11.1. The highest BCUT2D eigenvalue weighted by Crippen LogP contribution is 2.19. The van der Waals surface area contributed by atoms with Crippen LogP contribution in [-0.4, -0.2) is 22.5 Å².